The Morgan fingerprint density at radius 2 is 1.00 bits per heavy atom. The van der Waals surface area contributed by atoms with E-state index >= 15 is 0 Å². The number of allylic oxidation sites excluding steroid dienone is 4. The molecule has 0 saturated carbocycles. The molecular weight excluding hydrogens is 779 g/mol. The number of benzene rings is 9. The van der Waals surface area contributed by atoms with E-state index in [1.165, 1.54) is 49.4 Å². The molecule has 0 fully saturated rings. The lowest BCUT2D eigenvalue weighted by Crippen LogP contribution is -2.00. The second-order valence-corrected chi connectivity index (χ2v) is 16.6. The van der Waals surface area contributed by atoms with Gasteiger partial charge in [0, 0.05) is 33.9 Å². The molecule has 12 rings (SSSR count). The zero-order valence-electron chi connectivity index (χ0n) is 35.1. The number of hydrogen-bond acceptors (Lipinski definition) is 4. The molecule has 4 heteroatoms. The first-order valence-electron chi connectivity index (χ1n) is 22.0. The van der Waals surface area contributed by atoms with Crippen molar-refractivity contribution in [2.45, 2.75) is 19.3 Å². The van der Waals surface area contributed by atoms with Crippen molar-refractivity contribution in [3.63, 3.8) is 0 Å². The standard InChI is InChI=1S/C60H41N3O/c1-4-15-39(16-5-1)41-29-33-44(34-30-41)58-61-59(45-35-31-42(32-36-45)40-17-6-2-7-18-40)63-60(62-58)53-27-14-28-54-56(53)52-26-12-22-47(57(52)64-54)38-48-37-46-21-10-11-23-50(46)55-49(24-13-25-51(48)55)43-19-8-3-9-20-43/h1,3-6,8-37H,2,7,38H2. The molecule has 0 unspecified atom stereocenters. The summed E-state index contributed by atoms with van der Waals surface area (Å²) in [5, 5.41) is 7.02. The van der Waals surface area contributed by atoms with Gasteiger partial charge in [-0.05, 0) is 85.0 Å². The lowest BCUT2D eigenvalue weighted by Gasteiger charge is -2.15. The van der Waals surface area contributed by atoms with E-state index in [-0.39, 0.29) is 0 Å². The predicted molar refractivity (Wildman–Crippen MR) is 265 cm³/mol. The molecule has 1 aliphatic rings. The van der Waals surface area contributed by atoms with Gasteiger partial charge in [0.1, 0.15) is 11.2 Å². The third kappa shape index (κ3) is 6.77. The quantitative estimate of drug-likeness (QED) is 0.143. The average Bonchev–Trinajstić information content (AvgIpc) is 3.77. The van der Waals surface area contributed by atoms with Gasteiger partial charge >= 0.3 is 0 Å². The van der Waals surface area contributed by atoms with Crippen molar-refractivity contribution >= 4 is 49.1 Å². The van der Waals surface area contributed by atoms with Gasteiger partial charge in [0.15, 0.2) is 17.5 Å². The van der Waals surface area contributed by atoms with Gasteiger partial charge in [0.2, 0.25) is 0 Å². The highest BCUT2D eigenvalue weighted by atomic mass is 16.3. The van der Waals surface area contributed by atoms with Crippen LogP contribution in [0.25, 0.3) is 105 Å². The van der Waals surface area contributed by atoms with E-state index in [0.717, 1.165) is 68.2 Å². The zero-order chi connectivity index (χ0) is 42.4. The molecule has 11 aromatic rings. The molecule has 0 amide bonds. The van der Waals surface area contributed by atoms with Crippen molar-refractivity contribution in [3.05, 3.63) is 229 Å². The average molecular weight is 820 g/mol. The molecule has 302 valence electrons. The first kappa shape index (κ1) is 37.5. The number of para-hydroxylation sites is 1. The summed E-state index contributed by atoms with van der Waals surface area (Å²) in [6.45, 7) is 0. The Morgan fingerprint density at radius 1 is 0.406 bits per heavy atom. The van der Waals surface area contributed by atoms with E-state index in [2.05, 4.69) is 200 Å². The number of hydrogen-bond donors (Lipinski definition) is 0. The van der Waals surface area contributed by atoms with Gasteiger partial charge in [-0.2, -0.15) is 0 Å². The Labute approximate surface area is 371 Å². The second-order valence-electron chi connectivity index (χ2n) is 16.6. The molecule has 2 aromatic heterocycles. The van der Waals surface area contributed by atoms with E-state index in [0.29, 0.717) is 23.9 Å². The number of nitrogens with zero attached hydrogens (tertiary/aromatic N) is 3. The molecule has 0 bridgehead atoms. The van der Waals surface area contributed by atoms with Crippen LogP contribution in [-0.2, 0) is 6.42 Å². The summed E-state index contributed by atoms with van der Waals surface area (Å²) in [5.41, 5.74) is 14.0. The number of rotatable bonds is 8. The number of aromatic nitrogens is 3. The minimum absolute atomic E-state index is 0.599. The zero-order valence-corrected chi connectivity index (χ0v) is 35.1. The Bertz CT molecular complexity index is 3600. The summed E-state index contributed by atoms with van der Waals surface area (Å²) >= 11 is 0. The minimum Gasteiger partial charge on any atom is -0.456 e. The fourth-order valence-corrected chi connectivity index (χ4v) is 9.50. The van der Waals surface area contributed by atoms with Crippen LogP contribution in [0.5, 0.6) is 0 Å². The molecule has 4 nitrogen and oxygen atoms in total. The molecular formula is C60H41N3O. The highest BCUT2D eigenvalue weighted by molar-refractivity contribution is 6.16. The molecule has 0 spiro atoms. The summed E-state index contributed by atoms with van der Waals surface area (Å²) in [5.74, 6) is 1.84. The smallest absolute Gasteiger partial charge is 0.164 e. The Kier molecular flexibility index (Phi) is 9.34. The van der Waals surface area contributed by atoms with Crippen molar-refractivity contribution in [1.29, 1.82) is 0 Å². The lowest BCUT2D eigenvalue weighted by atomic mass is 9.89. The largest absolute Gasteiger partial charge is 0.456 e. The van der Waals surface area contributed by atoms with E-state index in [1.54, 1.807) is 0 Å². The summed E-state index contributed by atoms with van der Waals surface area (Å²) in [4.78, 5) is 15.6. The topological polar surface area (TPSA) is 51.8 Å². The van der Waals surface area contributed by atoms with Gasteiger partial charge in [-0.15, -0.1) is 0 Å². The summed E-state index contributed by atoms with van der Waals surface area (Å²) in [7, 11) is 0. The van der Waals surface area contributed by atoms with Crippen LogP contribution in [0, 0.1) is 0 Å². The van der Waals surface area contributed by atoms with Gasteiger partial charge in [-0.3, -0.25) is 0 Å². The summed E-state index contributed by atoms with van der Waals surface area (Å²) < 4.78 is 6.88. The fourth-order valence-electron chi connectivity index (χ4n) is 9.50. The third-order valence-corrected chi connectivity index (χ3v) is 12.6. The molecule has 0 N–H and O–H groups in total. The Morgan fingerprint density at radius 3 is 1.75 bits per heavy atom. The van der Waals surface area contributed by atoms with Crippen LogP contribution in [0.1, 0.15) is 29.5 Å². The van der Waals surface area contributed by atoms with Crippen LogP contribution in [0.3, 0.4) is 0 Å². The molecule has 2 heterocycles. The van der Waals surface area contributed by atoms with Crippen LogP contribution in [-0.4, -0.2) is 15.0 Å². The van der Waals surface area contributed by atoms with Gasteiger partial charge in [0.25, 0.3) is 0 Å². The molecule has 0 atom stereocenters. The third-order valence-electron chi connectivity index (χ3n) is 12.6. The van der Waals surface area contributed by atoms with Crippen LogP contribution in [0.15, 0.2) is 217 Å². The molecule has 0 radical (unpaired) electrons. The lowest BCUT2D eigenvalue weighted by molar-refractivity contribution is 0.664. The van der Waals surface area contributed by atoms with E-state index < -0.39 is 0 Å². The molecule has 0 aliphatic heterocycles. The first-order chi connectivity index (χ1) is 31.7. The monoisotopic (exact) mass is 819 g/mol. The highest BCUT2D eigenvalue weighted by Crippen LogP contribution is 2.41. The van der Waals surface area contributed by atoms with Crippen molar-refractivity contribution < 1.29 is 4.42 Å². The normalized spacial score (nSPS) is 12.7. The molecule has 64 heavy (non-hydrogen) atoms. The fraction of sp³-hybridized carbons (Fsp3) is 0.0500. The van der Waals surface area contributed by atoms with E-state index in [1.807, 2.05) is 12.1 Å². The van der Waals surface area contributed by atoms with Crippen molar-refractivity contribution in [3.8, 4) is 56.4 Å². The summed E-state index contributed by atoms with van der Waals surface area (Å²) in [6, 6.07) is 68.7. The SMILES string of the molecule is C1=CC(c2ccc(-c3nc(-c4ccc(-c5ccccc5)cc4)nc(-c4cccc5oc6c(Cc7cc8ccccc8c8c(-c9ccccc9)cccc78)cccc6c45)n3)cc2)=CCC1. The van der Waals surface area contributed by atoms with Gasteiger partial charge < -0.3 is 4.42 Å². The molecule has 9 aromatic carbocycles. The van der Waals surface area contributed by atoms with Gasteiger partial charge in [0.05, 0.1) is 0 Å². The van der Waals surface area contributed by atoms with Crippen molar-refractivity contribution in [2.24, 2.45) is 0 Å². The maximum atomic E-state index is 6.88. The van der Waals surface area contributed by atoms with Crippen molar-refractivity contribution in [1.82, 2.24) is 15.0 Å². The molecule has 1 aliphatic carbocycles. The highest BCUT2D eigenvalue weighted by Gasteiger charge is 2.21. The first-order valence-corrected chi connectivity index (χ1v) is 22.0. The number of fused-ring (bicyclic) bond motifs is 6. The van der Waals surface area contributed by atoms with Gasteiger partial charge in [-0.25, -0.2) is 15.0 Å². The van der Waals surface area contributed by atoms with Crippen LogP contribution < -0.4 is 0 Å². The Balaban J connectivity index is 0.994. The summed E-state index contributed by atoms with van der Waals surface area (Å²) in [6.07, 6.45) is 9.61. The Hall–Kier alpha value is -8.21. The van der Waals surface area contributed by atoms with Gasteiger partial charge in [-0.1, -0.05) is 206 Å². The van der Waals surface area contributed by atoms with E-state index in [4.69, 9.17) is 19.4 Å². The van der Waals surface area contributed by atoms with Crippen LogP contribution in [0.2, 0.25) is 0 Å². The van der Waals surface area contributed by atoms with Crippen LogP contribution in [0.4, 0.5) is 0 Å². The second kappa shape index (κ2) is 15.9. The van der Waals surface area contributed by atoms with Crippen molar-refractivity contribution in [2.75, 3.05) is 0 Å². The maximum absolute atomic E-state index is 6.88. The van der Waals surface area contributed by atoms with E-state index in [9.17, 15) is 0 Å². The maximum Gasteiger partial charge on any atom is 0.164 e. The van der Waals surface area contributed by atoms with Crippen LogP contribution >= 0.6 is 0 Å². The predicted octanol–water partition coefficient (Wildman–Crippen LogP) is 15.7. The minimum atomic E-state index is 0.599. The number of furan rings is 1. The molecule has 0 saturated heterocycles.